The van der Waals surface area contributed by atoms with Crippen LogP contribution in [0.2, 0.25) is 0 Å². The summed E-state index contributed by atoms with van der Waals surface area (Å²) in [6.07, 6.45) is 4.84. The molecule has 1 aliphatic carbocycles. The third-order valence-corrected chi connectivity index (χ3v) is 4.45. The van der Waals surface area contributed by atoms with Gasteiger partial charge in [0.05, 0.1) is 0 Å². The zero-order valence-corrected chi connectivity index (χ0v) is 12.2. The van der Waals surface area contributed by atoms with Crippen molar-refractivity contribution in [3.8, 4) is 0 Å². The normalized spacial score (nSPS) is 22.9. The Morgan fingerprint density at radius 1 is 1.25 bits per heavy atom. The van der Waals surface area contributed by atoms with Gasteiger partial charge in [-0.05, 0) is 43.4 Å². The number of nitrogens with one attached hydrogen (secondary N) is 2. The van der Waals surface area contributed by atoms with Crippen LogP contribution in [0.15, 0.2) is 24.3 Å². The number of rotatable bonds is 2. The van der Waals surface area contributed by atoms with Crippen LogP contribution in [0.5, 0.6) is 0 Å². The number of hydrogen-bond donors (Lipinski definition) is 2. The molecular formula is C17H22N2O. The largest absolute Gasteiger partial charge is 0.351 e. The van der Waals surface area contributed by atoms with Gasteiger partial charge in [0.25, 0.3) is 5.91 Å². The highest BCUT2D eigenvalue weighted by atomic mass is 16.1. The number of fused-ring (bicyclic) bond motifs is 1. The minimum Gasteiger partial charge on any atom is -0.351 e. The van der Waals surface area contributed by atoms with Gasteiger partial charge in [-0.2, -0.15) is 0 Å². The lowest BCUT2D eigenvalue weighted by Crippen LogP contribution is -2.41. The van der Waals surface area contributed by atoms with Crippen molar-refractivity contribution in [2.75, 3.05) is 0 Å². The van der Waals surface area contributed by atoms with E-state index in [1.54, 1.807) is 0 Å². The SMILES string of the molecule is Cc1ccc2cc(C(=O)N[C@@H]3CCCC[C@@H]3C)[nH]c2c1. The quantitative estimate of drug-likeness (QED) is 0.857. The molecule has 0 bridgehead atoms. The van der Waals surface area contributed by atoms with Crippen molar-refractivity contribution in [3.05, 3.63) is 35.5 Å². The summed E-state index contributed by atoms with van der Waals surface area (Å²) in [5.41, 5.74) is 2.91. The highest BCUT2D eigenvalue weighted by Gasteiger charge is 2.23. The van der Waals surface area contributed by atoms with Gasteiger partial charge in [0.15, 0.2) is 0 Å². The van der Waals surface area contributed by atoms with Crippen molar-refractivity contribution in [1.82, 2.24) is 10.3 Å². The topological polar surface area (TPSA) is 44.9 Å². The Morgan fingerprint density at radius 3 is 2.85 bits per heavy atom. The summed E-state index contributed by atoms with van der Waals surface area (Å²) in [5, 5.41) is 4.29. The Balaban J connectivity index is 1.78. The lowest BCUT2D eigenvalue weighted by atomic mass is 9.86. The molecule has 3 heteroatoms. The minimum absolute atomic E-state index is 0.0256. The first kappa shape index (κ1) is 13.2. The fraction of sp³-hybridized carbons (Fsp3) is 0.471. The molecule has 0 saturated heterocycles. The van der Waals surface area contributed by atoms with Crippen LogP contribution in [0.3, 0.4) is 0 Å². The summed E-state index contributed by atoms with van der Waals surface area (Å²) < 4.78 is 0. The van der Waals surface area contributed by atoms with Crippen molar-refractivity contribution in [1.29, 1.82) is 0 Å². The van der Waals surface area contributed by atoms with Gasteiger partial charge in [-0.15, -0.1) is 0 Å². The maximum Gasteiger partial charge on any atom is 0.267 e. The molecule has 1 amide bonds. The third-order valence-electron chi connectivity index (χ3n) is 4.45. The fourth-order valence-electron chi connectivity index (χ4n) is 3.14. The predicted molar refractivity (Wildman–Crippen MR) is 81.9 cm³/mol. The zero-order valence-electron chi connectivity index (χ0n) is 12.2. The van der Waals surface area contributed by atoms with Gasteiger partial charge in [0, 0.05) is 16.9 Å². The number of carbonyl (C=O) groups excluding carboxylic acids is 1. The van der Waals surface area contributed by atoms with Gasteiger partial charge in [0.1, 0.15) is 5.69 Å². The van der Waals surface area contributed by atoms with Crippen molar-refractivity contribution in [3.63, 3.8) is 0 Å². The summed E-state index contributed by atoms with van der Waals surface area (Å²) in [6.45, 7) is 4.29. The lowest BCUT2D eigenvalue weighted by molar-refractivity contribution is 0.0906. The molecule has 0 aliphatic heterocycles. The molecule has 1 saturated carbocycles. The van der Waals surface area contributed by atoms with Crippen LogP contribution in [0, 0.1) is 12.8 Å². The molecular weight excluding hydrogens is 248 g/mol. The van der Waals surface area contributed by atoms with E-state index in [9.17, 15) is 4.79 Å². The van der Waals surface area contributed by atoms with Crippen molar-refractivity contribution < 1.29 is 4.79 Å². The van der Waals surface area contributed by atoms with Gasteiger partial charge in [-0.3, -0.25) is 4.79 Å². The Kier molecular flexibility index (Phi) is 3.51. The standard InChI is InChI=1S/C17H22N2O/c1-11-7-8-13-10-16(18-15(13)9-11)17(20)19-14-6-4-3-5-12(14)2/h7-10,12,14,18H,3-6H2,1-2H3,(H,19,20)/t12-,14+/m0/s1. The van der Waals surface area contributed by atoms with E-state index in [0.29, 0.717) is 17.7 Å². The molecule has 2 aromatic rings. The highest BCUT2D eigenvalue weighted by molar-refractivity contribution is 5.98. The number of hydrogen-bond acceptors (Lipinski definition) is 1. The van der Waals surface area contributed by atoms with E-state index in [-0.39, 0.29) is 5.91 Å². The van der Waals surface area contributed by atoms with Crippen LogP contribution in [0.4, 0.5) is 0 Å². The maximum absolute atomic E-state index is 12.4. The van der Waals surface area contributed by atoms with Gasteiger partial charge >= 0.3 is 0 Å². The molecule has 1 heterocycles. The Hall–Kier alpha value is -1.77. The van der Waals surface area contributed by atoms with Crippen molar-refractivity contribution in [2.45, 2.75) is 45.6 Å². The average molecular weight is 270 g/mol. The van der Waals surface area contributed by atoms with Crippen molar-refractivity contribution >= 4 is 16.8 Å². The van der Waals surface area contributed by atoms with E-state index in [4.69, 9.17) is 0 Å². The second kappa shape index (κ2) is 5.31. The van der Waals surface area contributed by atoms with Crippen LogP contribution in [-0.2, 0) is 0 Å². The second-order valence-corrected chi connectivity index (χ2v) is 6.12. The summed E-state index contributed by atoms with van der Waals surface area (Å²) in [4.78, 5) is 15.6. The monoisotopic (exact) mass is 270 g/mol. The summed E-state index contributed by atoms with van der Waals surface area (Å²) in [5.74, 6) is 0.608. The maximum atomic E-state index is 12.4. The average Bonchev–Trinajstić information content (AvgIpc) is 2.84. The lowest BCUT2D eigenvalue weighted by Gasteiger charge is -2.29. The summed E-state index contributed by atoms with van der Waals surface area (Å²) in [6, 6.07) is 8.47. The van der Waals surface area contributed by atoms with E-state index >= 15 is 0 Å². The van der Waals surface area contributed by atoms with Gasteiger partial charge in [-0.25, -0.2) is 0 Å². The van der Waals surface area contributed by atoms with Gasteiger partial charge in [-0.1, -0.05) is 31.9 Å². The Bertz CT molecular complexity index is 629. The fourth-order valence-corrected chi connectivity index (χ4v) is 3.14. The number of carbonyl (C=O) groups is 1. The minimum atomic E-state index is 0.0256. The first-order chi connectivity index (χ1) is 9.63. The van der Waals surface area contributed by atoms with E-state index < -0.39 is 0 Å². The molecule has 1 aliphatic rings. The first-order valence-electron chi connectivity index (χ1n) is 7.54. The molecule has 0 spiro atoms. The molecule has 3 rings (SSSR count). The summed E-state index contributed by atoms with van der Waals surface area (Å²) >= 11 is 0. The number of H-pyrrole nitrogens is 1. The molecule has 1 aromatic carbocycles. The van der Waals surface area contributed by atoms with E-state index in [0.717, 1.165) is 17.3 Å². The number of amides is 1. The molecule has 0 radical (unpaired) electrons. The Morgan fingerprint density at radius 2 is 2.05 bits per heavy atom. The number of aromatic nitrogens is 1. The molecule has 0 unspecified atom stereocenters. The third kappa shape index (κ3) is 2.58. The molecule has 1 fully saturated rings. The molecule has 1 aromatic heterocycles. The Labute approximate surface area is 119 Å². The zero-order chi connectivity index (χ0) is 14.1. The van der Waals surface area contributed by atoms with E-state index in [1.807, 2.05) is 6.07 Å². The molecule has 3 nitrogen and oxygen atoms in total. The van der Waals surface area contributed by atoms with Crippen LogP contribution < -0.4 is 5.32 Å². The van der Waals surface area contributed by atoms with Crippen molar-refractivity contribution in [2.24, 2.45) is 5.92 Å². The van der Waals surface area contributed by atoms with E-state index in [2.05, 4.69) is 42.3 Å². The first-order valence-corrected chi connectivity index (χ1v) is 7.54. The number of benzene rings is 1. The van der Waals surface area contributed by atoms with E-state index in [1.165, 1.54) is 24.8 Å². The second-order valence-electron chi connectivity index (χ2n) is 6.12. The summed E-state index contributed by atoms with van der Waals surface area (Å²) in [7, 11) is 0. The number of aryl methyl sites for hydroxylation is 1. The number of aromatic amines is 1. The molecule has 20 heavy (non-hydrogen) atoms. The van der Waals surface area contributed by atoms with Gasteiger partial charge < -0.3 is 10.3 Å². The van der Waals surface area contributed by atoms with Crippen LogP contribution in [-0.4, -0.2) is 16.9 Å². The van der Waals surface area contributed by atoms with Crippen LogP contribution in [0.25, 0.3) is 10.9 Å². The predicted octanol–water partition coefficient (Wildman–Crippen LogP) is 3.78. The smallest absolute Gasteiger partial charge is 0.267 e. The molecule has 2 atom stereocenters. The van der Waals surface area contributed by atoms with Crippen LogP contribution >= 0.6 is 0 Å². The molecule has 2 N–H and O–H groups in total. The van der Waals surface area contributed by atoms with Crippen LogP contribution in [0.1, 0.15) is 48.7 Å². The van der Waals surface area contributed by atoms with Gasteiger partial charge in [0.2, 0.25) is 0 Å². The highest BCUT2D eigenvalue weighted by Crippen LogP contribution is 2.24. The molecule has 106 valence electrons.